The topological polar surface area (TPSA) is 29.3 Å². The summed E-state index contributed by atoms with van der Waals surface area (Å²) in [4.78, 5) is 2.19. The Bertz CT molecular complexity index is 271. The molecule has 0 aliphatic heterocycles. The zero-order chi connectivity index (χ0) is 10.6. The van der Waals surface area contributed by atoms with Crippen LogP contribution in [0.25, 0.3) is 0 Å². The van der Waals surface area contributed by atoms with Crippen LogP contribution in [0.1, 0.15) is 6.92 Å². The molecule has 0 radical (unpaired) electrons. The van der Waals surface area contributed by atoms with Gasteiger partial charge in [-0.1, -0.05) is 18.5 Å². The molecule has 0 aliphatic carbocycles. The summed E-state index contributed by atoms with van der Waals surface area (Å²) in [6.45, 7) is 3.84. The van der Waals surface area contributed by atoms with E-state index in [-0.39, 0.29) is 0 Å². The largest absolute Gasteiger partial charge is 0.374 e. The molecule has 1 aromatic rings. The lowest BCUT2D eigenvalue weighted by molar-refractivity contribution is 0.590. The Morgan fingerprint density at radius 3 is 2.43 bits per heavy atom. The van der Waals surface area contributed by atoms with E-state index in [0.717, 1.165) is 18.1 Å². The molecule has 0 spiro atoms. The second-order valence-corrected chi connectivity index (χ2v) is 4.13. The number of nitrogens with zero attached hydrogens (tertiary/aromatic N) is 1. The van der Waals surface area contributed by atoms with Gasteiger partial charge in [-0.25, -0.2) is 0 Å². The molecule has 2 N–H and O–H groups in total. The predicted octanol–water partition coefficient (Wildman–Crippen LogP) is 2.37. The first-order chi connectivity index (χ1) is 6.63. The Morgan fingerprint density at radius 2 is 1.93 bits per heavy atom. The summed E-state index contributed by atoms with van der Waals surface area (Å²) >= 11 is 5.81. The number of rotatable bonds is 4. The van der Waals surface area contributed by atoms with E-state index in [2.05, 4.69) is 18.9 Å². The quantitative estimate of drug-likeness (QED) is 0.831. The highest BCUT2D eigenvalue weighted by atomic mass is 35.5. The Kier molecular flexibility index (Phi) is 4.23. The minimum absolute atomic E-state index is 0.510. The maximum absolute atomic E-state index is 5.81. The zero-order valence-corrected chi connectivity index (χ0v) is 9.46. The van der Waals surface area contributed by atoms with Crippen molar-refractivity contribution < 1.29 is 0 Å². The van der Waals surface area contributed by atoms with Crippen LogP contribution in [0.4, 0.5) is 5.69 Å². The first kappa shape index (κ1) is 11.3. The van der Waals surface area contributed by atoms with Gasteiger partial charge in [0.2, 0.25) is 0 Å². The van der Waals surface area contributed by atoms with Gasteiger partial charge in [0.15, 0.2) is 0 Å². The first-order valence-electron chi connectivity index (χ1n) is 4.80. The SMILES string of the molecule is CC(CN)CN(C)c1ccc(Cl)cc1. The molecule has 1 atom stereocenters. The smallest absolute Gasteiger partial charge is 0.0407 e. The molecule has 0 aliphatic rings. The standard InChI is InChI=1S/C11H17ClN2/c1-9(7-13)8-14(2)11-5-3-10(12)4-6-11/h3-6,9H,7-8,13H2,1-2H3. The molecule has 1 aromatic carbocycles. The fourth-order valence-electron chi connectivity index (χ4n) is 1.34. The van der Waals surface area contributed by atoms with E-state index in [1.165, 1.54) is 5.69 Å². The minimum atomic E-state index is 0.510. The maximum atomic E-state index is 5.81. The molecular weight excluding hydrogens is 196 g/mol. The molecule has 78 valence electrons. The molecule has 0 bridgehead atoms. The number of nitrogens with two attached hydrogens (primary N) is 1. The van der Waals surface area contributed by atoms with Gasteiger partial charge in [-0.3, -0.25) is 0 Å². The van der Waals surface area contributed by atoms with Gasteiger partial charge in [-0.15, -0.1) is 0 Å². The normalized spacial score (nSPS) is 12.6. The highest BCUT2D eigenvalue weighted by Gasteiger charge is 2.05. The van der Waals surface area contributed by atoms with Gasteiger partial charge in [-0.05, 0) is 36.7 Å². The van der Waals surface area contributed by atoms with Crippen LogP contribution >= 0.6 is 11.6 Å². The number of hydrogen-bond acceptors (Lipinski definition) is 2. The van der Waals surface area contributed by atoms with Gasteiger partial charge >= 0.3 is 0 Å². The van der Waals surface area contributed by atoms with E-state index in [0.29, 0.717) is 5.92 Å². The van der Waals surface area contributed by atoms with Crippen LogP contribution in [-0.4, -0.2) is 20.1 Å². The fourth-order valence-corrected chi connectivity index (χ4v) is 1.47. The molecule has 0 saturated carbocycles. The van der Waals surface area contributed by atoms with Crippen molar-refractivity contribution in [1.29, 1.82) is 0 Å². The molecule has 3 heteroatoms. The van der Waals surface area contributed by atoms with Gasteiger partial charge in [0, 0.05) is 24.3 Å². The zero-order valence-electron chi connectivity index (χ0n) is 8.70. The molecule has 14 heavy (non-hydrogen) atoms. The van der Waals surface area contributed by atoms with Gasteiger partial charge in [0.05, 0.1) is 0 Å². The van der Waals surface area contributed by atoms with Crippen LogP contribution < -0.4 is 10.6 Å². The summed E-state index contributed by atoms with van der Waals surface area (Å²) in [5.41, 5.74) is 6.75. The number of halogens is 1. The monoisotopic (exact) mass is 212 g/mol. The average molecular weight is 213 g/mol. The Hall–Kier alpha value is -0.730. The third-order valence-electron chi connectivity index (χ3n) is 2.26. The number of hydrogen-bond donors (Lipinski definition) is 1. The minimum Gasteiger partial charge on any atom is -0.374 e. The number of anilines is 1. The lowest BCUT2D eigenvalue weighted by atomic mass is 10.1. The molecule has 0 heterocycles. The van der Waals surface area contributed by atoms with Crippen molar-refractivity contribution in [2.75, 3.05) is 25.0 Å². The van der Waals surface area contributed by atoms with Gasteiger partial charge in [0.1, 0.15) is 0 Å². The van der Waals surface area contributed by atoms with Gasteiger partial charge in [0.25, 0.3) is 0 Å². The highest BCUT2D eigenvalue weighted by Crippen LogP contribution is 2.17. The van der Waals surface area contributed by atoms with E-state index in [9.17, 15) is 0 Å². The summed E-state index contributed by atoms with van der Waals surface area (Å²) in [7, 11) is 2.06. The van der Waals surface area contributed by atoms with Gasteiger partial charge in [-0.2, -0.15) is 0 Å². The second-order valence-electron chi connectivity index (χ2n) is 3.70. The van der Waals surface area contributed by atoms with Crippen LogP contribution in [0.2, 0.25) is 5.02 Å². The van der Waals surface area contributed by atoms with E-state index in [4.69, 9.17) is 17.3 Å². The lowest BCUT2D eigenvalue weighted by Gasteiger charge is -2.22. The third kappa shape index (κ3) is 3.20. The summed E-state index contributed by atoms with van der Waals surface area (Å²) < 4.78 is 0. The Balaban J connectivity index is 2.60. The number of benzene rings is 1. The Morgan fingerprint density at radius 1 is 1.36 bits per heavy atom. The van der Waals surface area contributed by atoms with E-state index >= 15 is 0 Å². The molecule has 0 aromatic heterocycles. The van der Waals surface area contributed by atoms with Crippen molar-refractivity contribution in [3.05, 3.63) is 29.3 Å². The van der Waals surface area contributed by atoms with Crippen molar-refractivity contribution in [3.63, 3.8) is 0 Å². The molecule has 0 saturated heterocycles. The van der Waals surface area contributed by atoms with E-state index in [1.807, 2.05) is 24.3 Å². The summed E-state index contributed by atoms with van der Waals surface area (Å²) in [6.07, 6.45) is 0. The third-order valence-corrected chi connectivity index (χ3v) is 2.51. The molecule has 0 amide bonds. The van der Waals surface area contributed by atoms with Crippen molar-refractivity contribution in [2.24, 2.45) is 11.7 Å². The summed E-state index contributed by atoms with van der Waals surface area (Å²) in [5, 5.41) is 0.772. The van der Waals surface area contributed by atoms with E-state index < -0.39 is 0 Å². The van der Waals surface area contributed by atoms with Crippen LogP contribution in [0.15, 0.2) is 24.3 Å². The van der Waals surface area contributed by atoms with Crippen LogP contribution in [0.3, 0.4) is 0 Å². The molecule has 0 fully saturated rings. The van der Waals surface area contributed by atoms with Crippen LogP contribution in [0.5, 0.6) is 0 Å². The average Bonchev–Trinajstić information content (AvgIpc) is 2.18. The lowest BCUT2D eigenvalue weighted by Crippen LogP contribution is -2.28. The highest BCUT2D eigenvalue weighted by molar-refractivity contribution is 6.30. The van der Waals surface area contributed by atoms with E-state index in [1.54, 1.807) is 0 Å². The summed E-state index contributed by atoms with van der Waals surface area (Å²) in [5.74, 6) is 0.510. The molecular formula is C11H17ClN2. The summed E-state index contributed by atoms with van der Waals surface area (Å²) in [6, 6.07) is 7.85. The van der Waals surface area contributed by atoms with Crippen LogP contribution in [0, 0.1) is 5.92 Å². The fraction of sp³-hybridized carbons (Fsp3) is 0.455. The van der Waals surface area contributed by atoms with Crippen molar-refractivity contribution >= 4 is 17.3 Å². The maximum Gasteiger partial charge on any atom is 0.0407 e. The molecule has 2 nitrogen and oxygen atoms in total. The Labute approximate surface area is 90.7 Å². The van der Waals surface area contributed by atoms with Gasteiger partial charge < -0.3 is 10.6 Å². The van der Waals surface area contributed by atoms with Crippen molar-refractivity contribution in [3.8, 4) is 0 Å². The van der Waals surface area contributed by atoms with Crippen LogP contribution in [-0.2, 0) is 0 Å². The predicted molar refractivity (Wildman–Crippen MR) is 62.9 cm³/mol. The van der Waals surface area contributed by atoms with Crippen molar-refractivity contribution in [2.45, 2.75) is 6.92 Å². The molecule has 1 unspecified atom stereocenters. The first-order valence-corrected chi connectivity index (χ1v) is 5.18. The van der Waals surface area contributed by atoms with Crippen molar-refractivity contribution in [1.82, 2.24) is 0 Å². The second kappa shape index (κ2) is 5.23. The molecule has 1 rings (SSSR count).